The normalized spacial score (nSPS) is 13.6. The Kier molecular flexibility index (Phi) is 7.18. The number of benzene rings is 1. The summed E-state index contributed by atoms with van der Waals surface area (Å²) < 4.78 is 2.00. The third-order valence-electron chi connectivity index (χ3n) is 5.04. The lowest BCUT2D eigenvalue weighted by Crippen LogP contribution is -2.40. The first-order valence-corrected chi connectivity index (χ1v) is 9.45. The molecule has 0 fully saturated rings. The van der Waals surface area contributed by atoms with Crippen LogP contribution >= 0.6 is 0 Å². The van der Waals surface area contributed by atoms with Crippen molar-refractivity contribution >= 4 is 5.78 Å². The average Bonchev–Trinajstić information content (AvgIpc) is 2.97. The molecule has 0 radical (unpaired) electrons. The molecule has 26 heavy (non-hydrogen) atoms. The Hall–Kier alpha value is -1.91. The monoisotopic (exact) mass is 356 g/mol. The highest BCUT2D eigenvalue weighted by Gasteiger charge is 2.17. The molecule has 1 heterocycles. The van der Waals surface area contributed by atoms with Gasteiger partial charge in [0.2, 0.25) is 0 Å². The minimum atomic E-state index is -0.528. The molecule has 0 saturated carbocycles. The van der Waals surface area contributed by atoms with E-state index in [1.165, 1.54) is 11.1 Å². The Labute approximate surface area is 157 Å². The Balaban J connectivity index is 1.83. The van der Waals surface area contributed by atoms with E-state index in [4.69, 9.17) is 5.73 Å². The second kappa shape index (κ2) is 9.15. The number of aryl methyl sites for hydroxylation is 3. The number of rotatable bonds is 10. The van der Waals surface area contributed by atoms with Crippen molar-refractivity contribution < 1.29 is 9.90 Å². The molecular weight excluding hydrogens is 324 g/mol. The Bertz CT molecular complexity index is 714. The van der Waals surface area contributed by atoms with E-state index in [0.29, 0.717) is 6.42 Å². The number of aliphatic hydroxyl groups is 1. The third-order valence-corrected chi connectivity index (χ3v) is 5.04. The average molecular weight is 357 g/mol. The van der Waals surface area contributed by atoms with E-state index in [9.17, 15) is 9.90 Å². The van der Waals surface area contributed by atoms with Crippen LogP contribution in [-0.4, -0.2) is 27.6 Å². The van der Waals surface area contributed by atoms with Gasteiger partial charge in [-0.25, -0.2) is 0 Å². The summed E-state index contributed by atoms with van der Waals surface area (Å²) in [5.74, 6) is 0.199. The van der Waals surface area contributed by atoms with Crippen LogP contribution in [0.2, 0.25) is 0 Å². The second-order valence-electron chi connectivity index (χ2n) is 7.70. The number of nitrogens with zero attached hydrogens (tertiary/aromatic N) is 1. The fourth-order valence-electron chi connectivity index (χ4n) is 3.17. The highest BCUT2D eigenvalue weighted by Crippen LogP contribution is 2.16. The van der Waals surface area contributed by atoms with E-state index in [0.717, 1.165) is 43.5 Å². The molecule has 2 aromatic rings. The molecule has 1 aromatic carbocycles. The molecule has 1 atom stereocenters. The van der Waals surface area contributed by atoms with Crippen LogP contribution < -0.4 is 5.73 Å². The van der Waals surface area contributed by atoms with Gasteiger partial charge in [0, 0.05) is 24.7 Å². The molecule has 2 rings (SSSR count). The molecule has 142 valence electrons. The summed E-state index contributed by atoms with van der Waals surface area (Å²) in [5, 5.41) is 9.23. The fraction of sp³-hybridized carbons (Fsp3) is 0.500. The van der Waals surface area contributed by atoms with Gasteiger partial charge in [0.25, 0.3) is 0 Å². The zero-order chi connectivity index (χ0) is 19.2. The minimum Gasteiger partial charge on any atom is -0.394 e. The molecule has 4 nitrogen and oxygen atoms in total. The van der Waals surface area contributed by atoms with Crippen molar-refractivity contribution in [3.63, 3.8) is 0 Å². The van der Waals surface area contributed by atoms with Crippen LogP contribution in [0.25, 0.3) is 0 Å². The van der Waals surface area contributed by atoms with Crippen molar-refractivity contribution in [3.05, 3.63) is 58.9 Å². The molecule has 0 bridgehead atoms. The predicted molar refractivity (Wildman–Crippen MR) is 106 cm³/mol. The summed E-state index contributed by atoms with van der Waals surface area (Å²) in [6.07, 6.45) is 4.88. The SMILES string of the molecule is Cc1ccc(CCCC(=O)c2ccc(CCC[C@@](C)(N)CO)n2C)cc1. The number of hydrogen-bond donors (Lipinski definition) is 2. The maximum absolute atomic E-state index is 12.5. The van der Waals surface area contributed by atoms with Gasteiger partial charge < -0.3 is 15.4 Å². The number of nitrogens with two attached hydrogens (primary N) is 1. The zero-order valence-corrected chi connectivity index (χ0v) is 16.3. The van der Waals surface area contributed by atoms with Gasteiger partial charge in [-0.15, -0.1) is 0 Å². The highest BCUT2D eigenvalue weighted by atomic mass is 16.3. The van der Waals surface area contributed by atoms with Crippen LogP contribution in [0, 0.1) is 6.92 Å². The van der Waals surface area contributed by atoms with Crippen LogP contribution in [0.5, 0.6) is 0 Å². The van der Waals surface area contributed by atoms with Crippen LogP contribution in [0.3, 0.4) is 0 Å². The number of hydrogen-bond acceptors (Lipinski definition) is 3. The Morgan fingerprint density at radius 2 is 1.81 bits per heavy atom. The summed E-state index contributed by atoms with van der Waals surface area (Å²) in [6.45, 7) is 3.93. The van der Waals surface area contributed by atoms with Gasteiger partial charge in [-0.3, -0.25) is 4.79 Å². The first kappa shape index (κ1) is 20.4. The second-order valence-corrected chi connectivity index (χ2v) is 7.70. The van der Waals surface area contributed by atoms with Crippen molar-refractivity contribution in [2.24, 2.45) is 12.8 Å². The lowest BCUT2D eigenvalue weighted by Gasteiger charge is -2.21. The van der Waals surface area contributed by atoms with Gasteiger partial charge in [0.05, 0.1) is 12.3 Å². The molecule has 1 aromatic heterocycles. The van der Waals surface area contributed by atoms with E-state index in [1.807, 2.05) is 30.7 Å². The number of carbonyl (C=O) groups excluding carboxylic acids is 1. The van der Waals surface area contributed by atoms with Crippen molar-refractivity contribution in [3.8, 4) is 0 Å². The molecule has 4 heteroatoms. The summed E-state index contributed by atoms with van der Waals surface area (Å²) in [6, 6.07) is 12.5. The van der Waals surface area contributed by atoms with Gasteiger partial charge in [-0.05, 0) is 63.6 Å². The fourth-order valence-corrected chi connectivity index (χ4v) is 3.17. The molecule has 0 aliphatic heterocycles. The van der Waals surface area contributed by atoms with E-state index < -0.39 is 5.54 Å². The van der Waals surface area contributed by atoms with Crippen LogP contribution in [0.1, 0.15) is 59.9 Å². The molecule has 0 spiro atoms. The quantitative estimate of drug-likeness (QED) is 0.640. The van der Waals surface area contributed by atoms with Gasteiger partial charge in [-0.2, -0.15) is 0 Å². The first-order chi connectivity index (χ1) is 12.3. The van der Waals surface area contributed by atoms with E-state index in [2.05, 4.69) is 31.2 Å². The van der Waals surface area contributed by atoms with Crippen molar-refractivity contribution in [1.29, 1.82) is 0 Å². The molecule has 0 aliphatic rings. The van der Waals surface area contributed by atoms with E-state index in [1.54, 1.807) is 0 Å². The molecule has 0 amide bonds. The lowest BCUT2D eigenvalue weighted by atomic mass is 9.97. The minimum absolute atomic E-state index is 0.00907. The first-order valence-electron chi connectivity index (χ1n) is 9.45. The van der Waals surface area contributed by atoms with E-state index >= 15 is 0 Å². The van der Waals surface area contributed by atoms with Gasteiger partial charge >= 0.3 is 0 Å². The van der Waals surface area contributed by atoms with E-state index in [-0.39, 0.29) is 12.4 Å². The Morgan fingerprint density at radius 3 is 2.46 bits per heavy atom. The van der Waals surface area contributed by atoms with Crippen LogP contribution in [0.4, 0.5) is 0 Å². The van der Waals surface area contributed by atoms with Gasteiger partial charge in [-0.1, -0.05) is 29.8 Å². The molecule has 0 saturated heterocycles. The molecular formula is C22H32N2O2. The number of ketones is 1. The Morgan fingerprint density at radius 1 is 1.12 bits per heavy atom. The van der Waals surface area contributed by atoms with Gasteiger partial charge in [0.1, 0.15) is 0 Å². The zero-order valence-electron chi connectivity index (χ0n) is 16.3. The summed E-state index contributed by atoms with van der Waals surface area (Å²) in [4.78, 5) is 12.5. The number of aliphatic hydroxyl groups excluding tert-OH is 1. The summed E-state index contributed by atoms with van der Waals surface area (Å²) >= 11 is 0. The summed E-state index contributed by atoms with van der Waals surface area (Å²) in [5.41, 5.74) is 9.90. The standard InChI is InChI=1S/C22H32N2O2/c1-17-9-11-18(12-10-17)6-4-8-21(26)20-14-13-19(24(20)3)7-5-15-22(2,23)16-25/h9-14,25H,4-8,15-16,23H2,1-3H3/t22-/m1/s1. The third kappa shape index (κ3) is 5.82. The topological polar surface area (TPSA) is 68.2 Å². The lowest BCUT2D eigenvalue weighted by molar-refractivity contribution is 0.0972. The maximum Gasteiger partial charge on any atom is 0.179 e. The van der Waals surface area contributed by atoms with Crippen molar-refractivity contribution in [2.75, 3.05) is 6.61 Å². The number of Topliss-reactive ketones (excluding diaryl/α,β-unsaturated/α-hetero) is 1. The predicted octanol–water partition coefficient (Wildman–Crippen LogP) is 3.57. The summed E-state index contributed by atoms with van der Waals surface area (Å²) in [7, 11) is 1.95. The van der Waals surface area contributed by atoms with Gasteiger partial charge in [0.15, 0.2) is 5.78 Å². The molecule has 0 aliphatic carbocycles. The largest absolute Gasteiger partial charge is 0.394 e. The molecule has 0 unspecified atom stereocenters. The maximum atomic E-state index is 12.5. The molecule has 3 N–H and O–H groups in total. The van der Waals surface area contributed by atoms with Crippen LogP contribution in [-0.2, 0) is 19.9 Å². The number of carbonyl (C=O) groups is 1. The highest BCUT2D eigenvalue weighted by molar-refractivity contribution is 5.94. The van der Waals surface area contributed by atoms with Crippen LogP contribution in [0.15, 0.2) is 36.4 Å². The smallest absolute Gasteiger partial charge is 0.179 e. The van der Waals surface area contributed by atoms with Crippen molar-refractivity contribution in [2.45, 2.75) is 57.9 Å². The number of aromatic nitrogens is 1. The van der Waals surface area contributed by atoms with Crippen molar-refractivity contribution in [1.82, 2.24) is 4.57 Å².